The minimum absolute atomic E-state index is 0.0695. The first-order valence-electron chi connectivity index (χ1n) is 7.31. The first-order chi connectivity index (χ1) is 10.7. The van der Waals surface area contributed by atoms with Gasteiger partial charge in [-0.15, -0.1) is 24.5 Å². The van der Waals surface area contributed by atoms with Crippen LogP contribution in [0.4, 0.5) is 0 Å². The molecule has 0 aliphatic carbocycles. The molecule has 22 heavy (non-hydrogen) atoms. The number of rotatable bonds is 8. The Morgan fingerprint density at radius 3 is 2.59 bits per heavy atom. The molecule has 1 unspecified atom stereocenters. The van der Waals surface area contributed by atoms with Gasteiger partial charge in [0.05, 0.1) is 0 Å². The van der Waals surface area contributed by atoms with Crippen LogP contribution in [0.1, 0.15) is 23.8 Å². The SMILES string of the molecule is C=CCC(CC=C)C(=O)NCC(O)c1cc2ccccc2s1. The highest BCUT2D eigenvalue weighted by atomic mass is 32.1. The Morgan fingerprint density at radius 2 is 1.95 bits per heavy atom. The quantitative estimate of drug-likeness (QED) is 0.728. The van der Waals surface area contributed by atoms with E-state index in [1.165, 1.54) is 0 Å². The van der Waals surface area contributed by atoms with E-state index in [0.717, 1.165) is 15.0 Å². The average Bonchev–Trinajstić information content (AvgIpc) is 2.96. The van der Waals surface area contributed by atoms with E-state index < -0.39 is 6.10 Å². The molecule has 1 aromatic heterocycles. The lowest BCUT2D eigenvalue weighted by Crippen LogP contribution is -2.33. The summed E-state index contributed by atoms with van der Waals surface area (Å²) in [6.45, 7) is 7.56. The first kappa shape index (κ1) is 16.5. The number of allylic oxidation sites excluding steroid dienone is 2. The van der Waals surface area contributed by atoms with Crippen LogP contribution >= 0.6 is 11.3 Å². The molecule has 1 aromatic carbocycles. The third kappa shape index (κ3) is 4.06. The lowest BCUT2D eigenvalue weighted by Gasteiger charge is -2.15. The van der Waals surface area contributed by atoms with Crippen LogP contribution in [0.15, 0.2) is 55.6 Å². The Kier molecular flexibility index (Phi) is 5.92. The van der Waals surface area contributed by atoms with Crippen LogP contribution in [0.5, 0.6) is 0 Å². The number of nitrogens with one attached hydrogen (secondary N) is 1. The monoisotopic (exact) mass is 315 g/mol. The van der Waals surface area contributed by atoms with E-state index >= 15 is 0 Å². The van der Waals surface area contributed by atoms with Crippen LogP contribution in [0, 0.1) is 5.92 Å². The van der Waals surface area contributed by atoms with Crippen LogP contribution in [0.2, 0.25) is 0 Å². The summed E-state index contributed by atoms with van der Waals surface area (Å²) in [5.74, 6) is -0.232. The smallest absolute Gasteiger partial charge is 0.223 e. The first-order valence-corrected chi connectivity index (χ1v) is 8.13. The molecule has 1 atom stereocenters. The van der Waals surface area contributed by atoms with E-state index in [0.29, 0.717) is 12.8 Å². The van der Waals surface area contributed by atoms with E-state index in [9.17, 15) is 9.90 Å². The van der Waals surface area contributed by atoms with Gasteiger partial charge in [0.25, 0.3) is 0 Å². The van der Waals surface area contributed by atoms with Gasteiger partial charge in [-0.1, -0.05) is 30.4 Å². The lowest BCUT2D eigenvalue weighted by atomic mass is 10.0. The highest BCUT2D eigenvalue weighted by molar-refractivity contribution is 7.19. The van der Waals surface area contributed by atoms with Crippen molar-refractivity contribution in [1.82, 2.24) is 5.32 Å². The standard InChI is InChI=1S/C18H21NO2S/c1-3-7-13(8-4-2)18(21)19-12-15(20)17-11-14-9-5-6-10-16(14)22-17/h3-6,9-11,13,15,20H,1-2,7-8,12H2,(H,19,21). The lowest BCUT2D eigenvalue weighted by molar-refractivity contribution is -0.125. The van der Waals surface area contributed by atoms with E-state index in [2.05, 4.69) is 18.5 Å². The van der Waals surface area contributed by atoms with E-state index in [-0.39, 0.29) is 18.4 Å². The number of fused-ring (bicyclic) bond motifs is 1. The molecule has 3 nitrogen and oxygen atoms in total. The Balaban J connectivity index is 1.96. The van der Waals surface area contributed by atoms with Crippen molar-refractivity contribution in [2.45, 2.75) is 18.9 Å². The zero-order valence-corrected chi connectivity index (χ0v) is 13.3. The molecule has 0 aliphatic heterocycles. The molecule has 0 spiro atoms. The third-order valence-electron chi connectivity index (χ3n) is 3.52. The summed E-state index contributed by atoms with van der Waals surface area (Å²) in [6.07, 6.45) is 3.99. The molecule has 116 valence electrons. The van der Waals surface area contributed by atoms with Gasteiger partial charge in [0.15, 0.2) is 0 Å². The van der Waals surface area contributed by atoms with Crippen LogP contribution in [-0.4, -0.2) is 17.6 Å². The maximum atomic E-state index is 12.1. The molecule has 4 heteroatoms. The van der Waals surface area contributed by atoms with Crippen molar-refractivity contribution in [2.75, 3.05) is 6.54 Å². The molecule has 0 aliphatic rings. The molecule has 0 saturated heterocycles. The van der Waals surface area contributed by atoms with Gasteiger partial charge in [-0.2, -0.15) is 0 Å². The number of aliphatic hydroxyl groups is 1. The van der Waals surface area contributed by atoms with Crippen LogP contribution in [0.3, 0.4) is 0 Å². The van der Waals surface area contributed by atoms with Gasteiger partial charge in [0.1, 0.15) is 6.10 Å². The van der Waals surface area contributed by atoms with Crippen LogP contribution in [0.25, 0.3) is 10.1 Å². The second-order valence-corrected chi connectivity index (χ2v) is 6.31. The molecular weight excluding hydrogens is 294 g/mol. The third-order valence-corrected chi connectivity index (χ3v) is 4.73. The summed E-state index contributed by atoms with van der Waals surface area (Å²) in [7, 11) is 0. The van der Waals surface area contributed by atoms with E-state index in [1.807, 2.05) is 30.3 Å². The predicted octanol–water partition coefficient (Wildman–Crippen LogP) is 3.82. The van der Waals surface area contributed by atoms with Crippen LogP contribution < -0.4 is 5.32 Å². The maximum absolute atomic E-state index is 12.1. The van der Waals surface area contributed by atoms with E-state index in [4.69, 9.17) is 0 Å². The molecule has 2 rings (SSSR count). The number of carbonyl (C=O) groups excluding carboxylic acids is 1. The minimum Gasteiger partial charge on any atom is -0.386 e. The zero-order chi connectivity index (χ0) is 15.9. The van der Waals surface area contributed by atoms with Crippen molar-refractivity contribution in [3.05, 3.63) is 60.5 Å². The fourth-order valence-electron chi connectivity index (χ4n) is 2.32. The van der Waals surface area contributed by atoms with Gasteiger partial charge in [-0.05, 0) is 30.4 Å². The summed E-state index contributed by atoms with van der Waals surface area (Å²) in [5, 5.41) is 14.2. The Labute approximate surface area is 135 Å². The number of hydrogen-bond donors (Lipinski definition) is 2. The average molecular weight is 315 g/mol. The van der Waals surface area contributed by atoms with Crippen LogP contribution in [-0.2, 0) is 4.79 Å². The summed E-state index contributed by atoms with van der Waals surface area (Å²) in [6, 6.07) is 9.97. The fraction of sp³-hybridized carbons (Fsp3) is 0.278. The largest absolute Gasteiger partial charge is 0.386 e. The second-order valence-electron chi connectivity index (χ2n) is 5.19. The zero-order valence-electron chi connectivity index (χ0n) is 12.5. The fourth-order valence-corrected chi connectivity index (χ4v) is 3.37. The van der Waals surface area contributed by atoms with Gasteiger partial charge in [-0.3, -0.25) is 4.79 Å². The number of benzene rings is 1. The van der Waals surface area contributed by atoms with Gasteiger partial charge < -0.3 is 10.4 Å². The summed E-state index contributed by atoms with van der Waals surface area (Å²) in [4.78, 5) is 13.0. The number of hydrogen-bond acceptors (Lipinski definition) is 3. The summed E-state index contributed by atoms with van der Waals surface area (Å²) < 4.78 is 1.14. The Morgan fingerprint density at radius 1 is 1.27 bits per heavy atom. The van der Waals surface area contributed by atoms with Crippen molar-refractivity contribution in [2.24, 2.45) is 5.92 Å². The minimum atomic E-state index is -0.686. The molecule has 1 amide bonds. The van der Waals surface area contributed by atoms with Gasteiger partial charge in [0, 0.05) is 22.0 Å². The van der Waals surface area contributed by atoms with Gasteiger partial charge in [0.2, 0.25) is 5.91 Å². The Bertz CT molecular complexity index is 619. The number of thiophene rings is 1. The van der Waals surface area contributed by atoms with Crippen molar-refractivity contribution in [1.29, 1.82) is 0 Å². The van der Waals surface area contributed by atoms with E-state index in [1.54, 1.807) is 23.5 Å². The highest BCUT2D eigenvalue weighted by Gasteiger charge is 2.18. The molecule has 1 heterocycles. The normalized spacial score (nSPS) is 12.3. The molecule has 2 aromatic rings. The summed E-state index contributed by atoms with van der Waals surface area (Å²) in [5.41, 5.74) is 0. The molecule has 0 fully saturated rings. The highest BCUT2D eigenvalue weighted by Crippen LogP contribution is 2.29. The number of amides is 1. The molecule has 0 radical (unpaired) electrons. The number of carbonyl (C=O) groups is 1. The molecule has 0 bridgehead atoms. The van der Waals surface area contributed by atoms with Crippen molar-refractivity contribution in [3.63, 3.8) is 0 Å². The molecule has 0 saturated carbocycles. The maximum Gasteiger partial charge on any atom is 0.223 e. The predicted molar refractivity (Wildman–Crippen MR) is 92.9 cm³/mol. The molecular formula is C18H21NO2S. The van der Waals surface area contributed by atoms with Crippen molar-refractivity contribution < 1.29 is 9.90 Å². The Hall–Kier alpha value is -1.91. The summed E-state index contributed by atoms with van der Waals surface area (Å²) >= 11 is 1.55. The van der Waals surface area contributed by atoms with Gasteiger partial charge in [-0.25, -0.2) is 0 Å². The van der Waals surface area contributed by atoms with Gasteiger partial charge >= 0.3 is 0 Å². The molecule has 2 N–H and O–H groups in total. The van der Waals surface area contributed by atoms with Crippen molar-refractivity contribution in [3.8, 4) is 0 Å². The van der Waals surface area contributed by atoms with Crippen molar-refractivity contribution >= 4 is 27.3 Å². The number of aliphatic hydroxyl groups excluding tert-OH is 1. The topological polar surface area (TPSA) is 49.3 Å². The second kappa shape index (κ2) is 7.92.